The Balaban J connectivity index is 1.35. The maximum absolute atomic E-state index is 11.9. The van der Waals surface area contributed by atoms with Crippen LogP contribution in [0.4, 0.5) is 0 Å². The number of hydrogen-bond acceptors (Lipinski definition) is 7. The SMILES string of the molecule is O=C(CSc1nnc(CNC(=O)c2ccco2)o1)NCCc1ccccc1. The smallest absolute Gasteiger partial charge is 0.287 e. The maximum atomic E-state index is 11.9. The van der Waals surface area contributed by atoms with Gasteiger partial charge in [0.2, 0.25) is 11.8 Å². The summed E-state index contributed by atoms with van der Waals surface area (Å²) in [5.74, 6) is 0.153. The number of nitrogens with zero attached hydrogens (tertiary/aromatic N) is 2. The van der Waals surface area contributed by atoms with E-state index in [0.717, 1.165) is 18.2 Å². The summed E-state index contributed by atoms with van der Waals surface area (Å²) in [6, 6.07) is 13.1. The van der Waals surface area contributed by atoms with Crippen LogP contribution in [0, 0.1) is 0 Å². The van der Waals surface area contributed by atoms with E-state index in [4.69, 9.17) is 8.83 Å². The lowest BCUT2D eigenvalue weighted by Gasteiger charge is -2.04. The number of aromatic nitrogens is 2. The molecule has 2 amide bonds. The van der Waals surface area contributed by atoms with Gasteiger partial charge in [0.05, 0.1) is 18.6 Å². The number of carbonyl (C=O) groups is 2. The molecule has 140 valence electrons. The molecule has 9 heteroatoms. The van der Waals surface area contributed by atoms with Crippen LogP contribution in [0.5, 0.6) is 0 Å². The Kier molecular flexibility index (Phi) is 6.64. The van der Waals surface area contributed by atoms with Crippen LogP contribution in [0.3, 0.4) is 0 Å². The van der Waals surface area contributed by atoms with Crippen LogP contribution in [-0.4, -0.2) is 34.3 Å². The van der Waals surface area contributed by atoms with Gasteiger partial charge in [-0.1, -0.05) is 42.1 Å². The first-order valence-electron chi connectivity index (χ1n) is 8.28. The Morgan fingerprint density at radius 1 is 1.04 bits per heavy atom. The average molecular weight is 386 g/mol. The number of rotatable bonds is 9. The molecule has 27 heavy (non-hydrogen) atoms. The number of hydrogen-bond donors (Lipinski definition) is 2. The summed E-state index contributed by atoms with van der Waals surface area (Å²) in [5.41, 5.74) is 1.17. The highest BCUT2D eigenvalue weighted by molar-refractivity contribution is 7.99. The lowest BCUT2D eigenvalue weighted by atomic mass is 10.1. The lowest BCUT2D eigenvalue weighted by Crippen LogP contribution is -2.27. The summed E-state index contributed by atoms with van der Waals surface area (Å²) >= 11 is 1.14. The van der Waals surface area contributed by atoms with Gasteiger partial charge in [-0.05, 0) is 24.1 Å². The monoisotopic (exact) mass is 386 g/mol. The number of carbonyl (C=O) groups excluding carboxylic acids is 2. The van der Waals surface area contributed by atoms with Crippen molar-refractivity contribution < 1.29 is 18.4 Å². The van der Waals surface area contributed by atoms with Crippen LogP contribution in [0.25, 0.3) is 0 Å². The van der Waals surface area contributed by atoms with Crippen LogP contribution in [-0.2, 0) is 17.8 Å². The Bertz CT molecular complexity index is 865. The summed E-state index contributed by atoms with van der Waals surface area (Å²) in [6.45, 7) is 0.646. The van der Waals surface area contributed by atoms with Crippen molar-refractivity contribution in [2.75, 3.05) is 12.3 Å². The molecule has 0 radical (unpaired) electrons. The zero-order valence-electron chi connectivity index (χ0n) is 14.4. The van der Waals surface area contributed by atoms with Crippen molar-refractivity contribution in [3.63, 3.8) is 0 Å². The fourth-order valence-corrected chi connectivity index (χ4v) is 2.80. The van der Waals surface area contributed by atoms with Gasteiger partial charge in [-0.25, -0.2) is 0 Å². The zero-order chi connectivity index (χ0) is 18.9. The number of benzene rings is 1. The highest BCUT2D eigenvalue weighted by atomic mass is 32.2. The van der Waals surface area contributed by atoms with Crippen LogP contribution in [0.2, 0.25) is 0 Å². The van der Waals surface area contributed by atoms with E-state index in [0.29, 0.717) is 6.54 Å². The predicted molar refractivity (Wildman–Crippen MR) is 98.1 cm³/mol. The van der Waals surface area contributed by atoms with Gasteiger partial charge < -0.3 is 19.5 Å². The summed E-state index contributed by atoms with van der Waals surface area (Å²) in [7, 11) is 0. The third-order valence-electron chi connectivity index (χ3n) is 3.50. The van der Waals surface area contributed by atoms with E-state index in [1.165, 1.54) is 11.8 Å². The molecule has 0 fully saturated rings. The lowest BCUT2D eigenvalue weighted by molar-refractivity contribution is -0.118. The predicted octanol–water partition coefficient (Wildman–Crippen LogP) is 2.04. The number of furan rings is 1. The molecular weight excluding hydrogens is 368 g/mol. The van der Waals surface area contributed by atoms with Gasteiger partial charge in [-0.2, -0.15) is 0 Å². The standard InChI is InChI=1S/C18H18N4O4S/c23-15(19-9-8-13-5-2-1-3-6-13)12-27-18-22-21-16(26-18)11-20-17(24)14-7-4-10-25-14/h1-7,10H,8-9,11-12H2,(H,19,23)(H,20,24). The van der Waals surface area contributed by atoms with Crippen molar-refractivity contribution in [1.29, 1.82) is 0 Å². The summed E-state index contributed by atoms with van der Waals surface area (Å²) < 4.78 is 10.4. The molecule has 0 atom stereocenters. The zero-order valence-corrected chi connectivity index (χ0v) is 15.2. The van der Waals surface area contributed by atoms with Gasteiger partial charge in [-0.15, -0.1) is 10.2 Å². The molecule has 2 aromatic heterocycles. The van der Waals surface area contributed by atoms with E-state index < -0.39 is 0 Å². The maximum Gasteiger partial charge on any atom is 0.287 e. The minimum absolute atomic E-state index is 0.0797. The van der Waals surface area contributed by atoms with E-state index in [-0.39, 0.29) is 41.0 Å². The van der Waals surface area contributed by atoms with Crippen LogP contribution in [0.1, 0.15) is 22.0 Å². The van der Waals surface area contributed by atoms with Gasteiger partial charge >= 0.3 is 0 Å². The molecular formula is C18H18N4O4S. The number of thioether (sulfide) groups is 1. The number of nitrogens with one attached hydrogen (secondary N) is 2. The average Bonchev–Trinajstić information content (AvgIpc) is 3.37. The molecule has 0 aliphatic heterocycles. The molecule has 3 aromatic rings. The summed E-state index contributed by atoms with van der Waals surface area (Å²) in [5, 5.41) is 13.4. The van der Waals surface area contributed by atoms with Crippen molar-refractivity contribution in [3.05, 3.63) is 65.9 Å². The normalized spacial score (nSPS) is 10.5. The van der Waals surface area contributed by atoms with E-state index in [1.807, 2.05) is 30.3 Å². The highest BCUT2D eigenvalue weighted by Gasteiger charge is 2.12. The van der Waals surface area contributed by atoms with Crippen molar-refractivity contribution in [2.24, 2.45) is 0 Å². The van der Waals surface area contributed by atoms with Gasteiger partial charge in [0, 0.05) is 6.54 Å². The van der Waals surface area contributed by atoms with Crippen molar-refractivity contribution >= 4 is 23.6 Å². The molecule has 0 saturated carbocycles. The quantitative estimate of drug-likeness (QED) is 0.542. The van der Waals surface area contributed by atoms with Gasteiger partial charge in [0.25, 0.3) is 11.1 Å². The first kappa shape index (κ1) is 18.7. The van der Waals surface area contributed by atoms with Gasteiger partial charge in [-0.3, -0.25) is 9.59 Å². The van der Waals surface area contributed by atoms with Crippen molar-refractivity contribution in [1.82, 2.24) is 20.8 Å². The highest BCUT2D eigenvalue weighted by Crippen LogP contribution is 2.15. The molecule has 3 rings (SSSR count). The third kappa shape index (κ3) is 6.00. The van der Waals surface area contributed by atoms with Crippen LogP contribution in [0.15, 0.2) is 62.8 Å². The Hall–Kier alpha value is -3.07. The van der Waals surface area contributed by atoms with E-state index in [2.05, 4.69) is 20.8 Å². The second-order valence-electron chi connectivity index (χ2n) is 5.50. The molecule has 2 heterocycles. The summed E-state index contributed by atoms with van der Waals surface area (Å²) in [6.07, 6.45) is 2.19. The first-order chi connectivity index (χ1) is 13.2. The molecule has 0 aliphatic carbocycles. The Morgan fingerprint density at radius 3 is 2.67 bits per heavy atom. The first-order valence-corrected chi connectivity index (χ1v) is 9.27. The van der Waals surface area contributed by atoms with Crippen molar-refractivity contribution in [3.8, 4) is 0 Å². The molecule has 0 saturated heterocycles. The Morgan fingerprint density at radius 2 is 1.89 bits per heavy atom. The van der Waals surface area contributed by atoms with Crippen LogP contribution >= 0.6 is 11.8 Å². The molecule has 0 unspecified atom stereocenters. The molecule has 0 aliphatic rings. The topological polar surface area (TPSA) is 110 Å². The Labute approximate surface area is 159 Å². The molecule has 0 bridgehead atoms. The molecule has 0 spiro atoms. The van der Waals surface area contributed by atoms with E-state index >= 15 is 0 Å². The molecule has 8 nitrogen and oxygen atoms in total. The fourth-order valence-electron chi connectivity index (χ4n) is 2.19. The van der Waals surface area contributed by atoms with Gasteiger partial charge in [0.15, 0.2) is 5.76 Å². The fraction of sp³-hybridized carbons (Fsp3) is 0.222. The van der Waals surface area contributed by atoms with Crippen LogP contribution < -0.4 is 10.6 Å². The molecule has 1 aromatic carbocycles. The van der Waals surface area contributed by atoms with Crippen molar-refractivity contribution in [2.45, 2.75) is 18.2 Å². The van der Waals surface area contributed by atoms with Gasteiger partial charge in [0.1, 0.15) is 0 Å². The summed E-state index contributed by atoms with van der Waals surface area (Å²) in [4.78, 5) is 23.6. The second-order valence-corrected chi connectivity index (χ2v) is 6.42. The minimum atomic E-state index is -0.370. The largest absolute Gasteiger partial charge is 0.459 e. The molecule has 2 N–H and O–H groups in total. The van der Waals surface area contributed by atoms with E-state index in [1.54, 1.807) is 12.1 Å². The van der Waals surface area contributed by atoms with E-state index in [9.17, 15) is 9.59 Å². The minimum Gasteiger partial charge on any atom is -0.459 e. The second kappa shape index (κ2) is 9.58. The number of amides is 2. The third-order valence-corrected chi connectivity index (χ3v) is 4.32.